The van der Waals surface area contributed by atoms with Crippen LogP contribution in [0.15, 0.2) is 122 Å². The lowest BCUT2D eigenvalue weighted by Gasteiger charge is -2.24. The van der Waals surface area contributed by atoms with E-state index in [2.05, 4.69) is 13.2 Å². The molecule has 56 heavy (non-hydrogen) atoms. The highest BCUT2D eigenvalue weighted by atomic mass is 16.6. The van der Waals surface area contributed by atoms with Crippen molar-refractivity contribution in [2.45, 2.75) is 52.4 Å². The SMILES string of the molecule is C=CC(=O)OCCCCOc1ccc(C(=O)OC2=CC=C(OC(=O)c3ccc(OC(=O)c4ccc(OCCCCOC(=O)C=C)cc4)cc3)CC(C)(C)C2)cc1. The molecule has 0 saturated heterocycles. The van der Waals surface area contributed by atoms with Crippen LogP contribution in [-0.4, -0.2) is 56.3 Å². The molecule has 0 spiro atoms. The number of allylic oxidation sites excluding steroid dienone is 4. The Kier molecular flexibility index (Phi) is 16.2. The Bertz CT molecular complexity index is 1900. The Morgan fingerprint density at radius 1 is 0.518 bits per heavy atom. The molecule has 0 bridgehead atoms. The number of benzene rings is 3. The van der Waals surface area contributed by atoms with E-state index in [0.717, 1.165) is 12.2 Å². The van der Waals surface area contributed by atoms with Gasteiger partial charge in [-0.2, -0.15) is 0 Å². The van der Waals surface area contributed by atoms with E-state index in [9.17, 15) is 24.0 Å². The second kappa shape index (κ2) is 21.5. The Labute approximate surface area is 326 Å². The molecule has 0 fully saturated rings. The van der Waals surface area contributed by atoms with Gasteiger partial charge in [-0.25, -0.2) is 24.0 Å². The van der Waals surface area contributed by atoms with Crippen LogP contribution in [0.25, 0.3) is 0 Å². The topological polar surface area (TPSA) is 150 Å². The molecule has 3 aromatic rings. The molecule has 1 aliphatic carbocycles. The van der Waals surface area contributed by atoms with E-state index in [1.807, 2.05) is 13.8 Å². The fourth-order valence-corrected chi connectivity index (χ4v) is 5.26. The van der Waals surface area contributed by atoms with Crippen molar-refractivity contribution in [3.8, 4) is 17.2 Å². The molecule has 0 aliphatic heterocycles. The second-order valence-electron chi connectivity index (χ2n) is 13.4. The zero-order valence-electron chi connectivity index (χ0n) is 31.6. The van der Waals surface area contributed by atoms with Gasteiger partial charge in [-0.3, -0.25) is 0 Å². The summed E-state index contributed by atoms with van der Waals surface area (Å²) in [7, 11) is 0. The smallest absolute Gasteiger partial charge is 0.343 e. The summed E-state index contributed by atoms with van der Waals surface area (Å²) in [5.41, 5.74) is 0.516. The van der Waals surface area contributed by atoms with Gasteiger partial charge in [-0.15, -0.1) is 0 Å². The minimum Gasteiger partial charge on any atom is -0.494 e. The van der Waals surface area contributed by atoms with Crippen LogP contribution in [0.3, 0.4) is 0 Å². The van der Waals surface area contributed by atoms with Crippen molar-refractivity contribution in [1.82, 2.24) is 0 Å². The van der Waals surface area contributed by atoms with Crippen molar-refractivity contribution in [2.75, 3.05) is 26.4 Å². The molecule has 3 aromatic carbocycles. The first-order chi connectivity index (χ1) is 26.9. The Morgan fingerprint density at radius 2 is 0.857 bits per heavy atom. The van der Waals surface area contributed by atoms with E-state index in [0.29, 0.717) is 85.9 Å². The van der Waals surface area contributed by atoms with Crippen LogP contribution in [-0.2, 0) is 28.5 Å². The van der Waals surface area contributed by atoms with Gasteiger partial charge < -0.3 is 33.2 Å². The maximum atomic E-state index is 13.1. The number of rotatable bonds is 20. The minimum atomic E-state index is -0.592. The molecule has 0 heterocycles. The average Bonchev–Trinajstić information content (AvgIpc) is 3.33. The number of esters is 5. The Morgan fingerprint density at radius 3 is 1.23 bits per heavy atom. The Hall–Kier alpha value is -6.43. The van der Waals surface area contributed by atoms with Crippen LogP contribution >= 0.6 is 0 Å². The maximum absolute atomic E-state index is 13.1. The van der Waals surface area contributed by atoms with Crippen LogP contribution < -0.4 is 14.2 Å². The molecule has 0 radical (unpaired) electrons. The summed E-state index contributed by atoms with van der Waals surface area (Å²) < 4.78 is 38.2. The number of carbonyl (C=O) groups excluding carboxylic acids is 5. The van der Waals surface area contributed by atoms with Gasteiger partial charge in [0, 0.05) is 25.0 Å². The van der Waals surface area contributed by atoms with Crippen molar-refractivity contribution >= 4 is 29.8 Å². The molecule has 0 unspecified atom stereocenters. The van der Waals surface area contributed by atoms with E-state index < -0.39 is 35.3 Å². The molecule has 0 saturated carbocycles. The first-order valence-corrected chi connectivity index (χ1v) is 18.1. The zero-order chi connectivity index (χ0) is 40.3. The number of carbonyl (C=O) groups is 5. The van der Waals surface area contributed by atoms with Crippen LogP contribution in [0, 0.1) is 5.41 Å². The van der Waals surface area contributed by atoms with Crippen molar-refractivity contribution in [3.63, 3.8) is 0 Å². The van der Waals surface area contributed by atoms with Crippen molar-refractivity contribution in [1.29, 1.82) is 0 Å². The van der Waals surface area contributed by atoms with Crippen LogP contribution in [0.4, 0.5) is 0 Å². The quantitative estimate of drug-likeness (QED) is 0.0358. The predicted molar refractivity (Wildman–Crippen MR) is 206 cm³/mol. The molecule has 12 nitrogen and oxygen atoms in total. The number of unbranched alkanes of at least 4 members (excludes halogenated alkanes) is 2. The molecular formula is C44H46O12. The molecule has 12 heteroatoms. The molecule has 1 aliphatic rings. The van der Waals surface area contributed by atoms with Gasteiger partial charge in [0.25, 0.3) is 0 Å². The van der Waals surface area contributed by atoms with E-state index >= 15 is 0 Å². The van der Waals surface area contributed by atoms with Crippen molar-refractivity contribution in [3.05, 3.63) is 138 Å². The molecule has 0 N–H and O–H groups in total. The Balaban J connectivity index is 1.23. The third-order valence-electron chi connectivity index (χ3n) is 8.13. The second-order valence-corrected chi connectivity index (χ2v) is 13.4. The standard InChI is InChI=1S/C44H46O12/c1-5-39(45)52-27-9-7-25-50-34-17-11-31(12-18-34)41(47)54-36-21-15-33(16-22-36)43(49)56-38-24-23-37(29-44(3,4)30-38)55-42(48)32-13-19-35(20-14-32)51-26-8-10-28-53-40(46)6-2/h5-6,11-24H,1-2,7-10,25-30H2,3-4H3. The third kappa shape index (κ3) is 14.4. The van der Waals surface area contributed by atoms with E-state index in [4.69, 9.17) is 33.2 Å². The van der Waals surface area contributed by atoms with E-state index in [1.165, 1.54) is 24.3 Å². The van der Waals surface area contributed by atoms with Gasteiger partial charge in [0.2, 0.25) is 0 Å². The van der Waals surface area contributed by atoms with Crippen LogP contribution in [0.5, 0.6) is 17.2 Å². The average molecular weight is 767 g/mol. The van der Waals surface area contributed by atoms with Crippen LogP contribution in [0.2, 0.25) is 0 Å². The number of ether oxygens (including phenoxy) is 7. The molecule has 0 atom stereocenters. The van der Waals surface area contributed by atoms with Crippen molar-refractivity contribution < 1.29 is 57.1 Å². The summed E-state index contributed by atoms with van der Waals surface area (Å²) in [6, 6.07) is 19.1. The molecule has 0 amide bonds. The summed E-state index contributed by atoms with van der Waals surface area (Å²) in [4.78, 5) is 60.9. The van der Waals surface area contributed by atoms with Gasteiger partial charge in [-0.05, 0) is 116 Å². The lowest BCUT2D eigenvalue weighted by Crippen LogP contribution is -2.17. The first kappa shape index (κ1) is 42.3. The first-order valence-electron chi connectivity index (χ1n) is 18.1. The molecule has 294 valence electrons. The van der Waals surface area contributed by atoms with Gasteiger partial charge in [0.15, 0.2) is 0 Å². The van der Waals surface area contributed by atoms with Gasteiger partial charge >= 0.3 is 29.8 Å². The molecular weight excluding hydrogens is 720 g/mol. The van der Waals surface area contributed by atoms with Crippen LogP contribution in [0.1, 0.15) is 83.4 Å². The fourth-order valence-electron chi connectivity index (χ4n) is 5.26. The van der Waals surface area contributed by atoms with Gasteiger partial charge in [0.05, 0.1) is 43.1 Å². The monoisotopic (exact) mass is 766 g/mol. The van der Waals surface area contributed by atoms with Crippen molar-refractivity contribution in [2.24, 2.45) is 5.41 Å². The number of hydrogen-bond acceptors (Lipinski definition) is 12. The summed E-state index contributed by atoms with van der Waals surface area (Å²) >= 11 is 0. The van der Waals surface area contributed by atoms with E-state index in [1.54, 1.807) is 60.7 Å². The third-order valence-corrected chi connectivity index (χ3v) is 8.13. The highest BCUT2D eigenvalue weighted by molar-refractivity contribution is 5.92. The lowest BCUT2D eigenvalue weighted by atomic mass is 9.85. The number of hydrogen-bond donors (Lipinski definition) is 0. The largest absolute Gasteiger partial charge is 0.494 e. The minimum absolute atomic E-state index is 0.246. The molecule has 0 aromatic heterocycles. The molecule has 4 rings (SSSR count). The van der Waals surface area contributed by atoms with Gasteiger partial charge in [0.1, 0.15) is 28.8 Å². The maximum Gasteiger partial charge on any atom is 0.343 e. The van der Waals surface area contributed by atoms with E-state index in [-0.39, 0.29) is 24.5 Å². The fraction of sp³-hybridized carbons (Fsp3) is 0.295. The zero-order valence-corrected chi connectivity index (χ0v) is 31.6. The summed E-state index contributed by atoms with van der Waals surface area (Å²) in [6.45, 7) is 12.1. The lowest BCUT2D eigenvalue weighted by molar-refractivity contribution is -0.138. The highest BCUT2D eigenvalue weighted by Gasteiger charge is 2.28. The summed E-state index contributed by atoms with van der Waals surface area (Å²) in [5.74, 6) is -0.362. The normalized spacial score (nSPS) is 13.0. The predicted octanol–water partition coefficient (Wildman–Crippen LogP) is 8.28. The summed E-state index contributed by atoms with van der Waals surface area (Å²) in [6.07, 6.45) is 8.98. The summed E-state index contributed by atoms with van der Waals surface area (Å²) in [5, 5.41) is 0. The highest BCUT2D eigenvalue weighted by Crippen LogP contribution is 2.36. The van der Waals surface area contributed by atoms with Gasteiger partial charge in [-0.1, -0.05) is 27.0 Å².